The lowest BCUT2D eigenvalue weighted by Crippen LogP contribution is -2.15. The molecule has 28 heavy (non-hydrogen) atoms. The van der Waals surface area contributed by atoms with Crippen LogP contribution < -0.4 is 29.0 Å². The van der Waals surface area contributed by atoms with E-state index < -0.39 is 0 Å². The summed E-state index contributed by atoms with van der Waals surface area (Å²) in [6.45, 7) is 1.14. The van der Waals surface area contributed by atoms with Crippen LogP contribution in [0, 0.1) is 0 Å². The highest BCUT2D eigenvalue weighted by atomic mass is 16.6. The Morgan fingerprint density at radius 1 is 0.964 bits per heavy atom. The number of anilines is 1. The predicted molar refractivity (Wildman–Crippen MR) is 105 cm³/mol. The van der Waals surface area contributed by atoms with Crippen LogP contribution in [-0.2, 0) is 11.2 Å². The maximum atomic E-state index is 12.3. The molecular formula is C21H25NO6. The van der Waals surface area contributed by atoms with Gasteiger partial charge >= 0.3 is 0 Å². The molecule has 1 amide bonds. The standard InChI is InChI=1S/C21H25NO6/c1-24-18-12-15(13-19(25-2)21(18)26-3)22-20(23)6-4-5-14-7-8-16-17(11-14)28-10-9-27-16/h7-8,11-13H,4-6,9-10H2,1-3H3,(H,22,23). The summed E-state index contributed by atoms with van der Waals surface area (Å²) in [4.78, 5) is 12.3. The van der Waals surface area contributed by atoms with Crippen molar-refractivity contribution in [2.75, 3.05) is 39.9 Å². The van der Waals surface area contributed by atoms with Crippen molar-refractivity contribution >= 4 is 11.6 Å². The van der Waals surface area contributed by atoms with Crippen molar-refractivity contribution in [2.45, 2.75) is 19.3 Å². The predicted octanol–water partition coefficient (Wildman–Crippen LogP) is 3.45. The molecule has 2 aromatic carbocycles. The molecule has 7 heteroatoms. The zero-order valence-corrected chi connectivity index (χ0v) is 16.4. The Hall–Kier alpha value is -3.09. The fourth-order valence-electron chi connectivity index (χ4n) is 3.07. The van der Waals surface area contributed by atoms with Crippen LogP contribution in [-0.4, -0.2) is 40.5 Å². The van der Waals surface area contributed by atoms with Gasteiger partial charge in [-0.2, -0.15) is 0 Å². The van der Waals surface area contributed by atoms with E-state index in [0.717, 1.165) is 29.9 Å². The Morgan fingerprint density at radius 2 is 1.64 bits per heavy atom. The maximum absolute atomic E-state index is 12.3. The Labute approximate surface area is 164 Å². The number of carbonyl (C=O) groups is 1. The van der Waals surface area contributed by atoms with Gasteiger partial charge in [0.15, 0.2) is 23.0 Å². The second-order valence-electron chi connectivity index (χ2n) is 6.29. The normalized spacial score (nSPS) is 12.2. The van der Waals surface area contributed by atoms with Gasteiger partial charge in [0, 0.05) is 24.2 Å². The molecule has 3 rings (SSSR count). The lowest BCUT2D eigenvalue weighted by Gasteiger charge is -2.18. The number of aryl methyl sites for hydroxylation is 1. The molecule has 0 spiro atoms. The fraction of sp³-hybridized carbons (Fsp3) is 0.381. The van der Waals surface area contributed by atoms with Crippen molar-refractivity contribution in [3.8, 4) is 28.7 Å². The number of benzene rings is 2. The van der Waals surface area contributed by atoms with E-state index in [1.165, 1.54) is 21.3 Å². The molecule has 1 aliphatic rings. The summed E-state index contributed by atoms with van der Waals surface area (Å²) in [5, 5.41) is 2.88. The molecule has 1 aliphatic heterocycles. The monoisotopic (exact) mass is 387 g/mol. The van der Waals surface area contributed by atoms with Crippen LogP contribution in [0.25, 0.3) is 0 Å². The summed E-state index contributed by atoms with van der Waals surface area (Å²) in [6.07, 6.45) is 1.89. The molecular weight excluding hydrogens is 362 g/mol. The van der Waals surface area contributed by atoms with Crippen LogP contribution in [0.2, 0.25) is 0 Å². The van der Waals surface area contributed by atoms with Gasteiger partial charge in [-0.15, -0.1) is 0 Å². The SMILES string of the molecule is COc1cc(NC(=O)CCCc2ccc3c(c2)OCCO3)cc(OC)c1OC. The van der Waals surface area contributed by atoms with E-state index in [9.17, 15) is 4.79 Å². The molecule has 1 heterocycles. The molecule has 0 fully saturated rings. The Bertz CT molecular complexity index is 811. The highest BCUT2D eigenvalue weighted by Crippen LogP contribution is 2.40. The van der Waals surface area contributed by atoms with Gasteiger partial charge in [0.1, 0.15) is 13.2 Å². The van der Waals surface area contributed by atoms with Crippen molar-refractivity contribution in [2.24, 2.45) is 0 Å². The highest BCUT2D eigenvalue weighted by molar-refractivity contribution is 5.91. The minimum Gasteiger partial charge on any atom is -0.493 e. The summed E-state index contributed by atoms with van der Waals surface area (Å²) in [7, 11) is 4.61. The first kappa shape index (κ1) is 19.7. The number of amides is 1. The molecule has 2 aromatic rings. The minimum atomic E-state index is -0.0770. The summed E-state index contributed by atoms with van der Waals surface area (Å²) >= 11 is 0. The Balaban J connectivity index is 1.56. The molecule has 0 aliphatic carbocycles. The zero-order valence-electron chi connectivity index (χ0n) is 16.4. The first-order valence-corrected chi connectivity index (χ1v) is 9.13. The molecule has 1 N–H and O–H groups in total. The van der Waals surface area contributed by atoms with E-state index in [0.29, 0.717) is 42.6 Å². The number of nitrogens with one attached hydrogen (secondary N) is 1. The molecule has 7 nitrogen and oxygen atoms in total. The average molecular weight is 387 g/mol. The van der Waals surface area contributed by atoms with Crippen LogP contribution in [0.15, 0.2) is 30.3 Å². The number of methoxy groups -OCH3 is 3. The van der Waals surface area contributed by atoms with Gasteiger partial charge in [-0.1, -0.05) is 6.07 Å². The average Bonchev–Trinajstić information content (AvgIpc) is 2.72. The third-order valence-corrected chi connectivity index (χ3v) is 4.42. The minimum absolute atomic E-state index is 0.0770. The van der Waals surface area contributed by atoms with Crippen LogP contribution in [0.1, 0.15) is 18.4 Å². The Morgan fingerprint density at radius 3 is 2.29 bits per heavy atom. The van der Waals surface area contributed by atoms with Gasteiger partial charge in [-0.3, -0.25) is 4.79 Å². The number of rotatable bonds is 8. The molecule has 0 atom stereocenters. The summed E-state index contributed by atoms with van der Waals surface area (Å²) < 4.78 is 27.0. The van der Waals surface area contributed by atoms with E-state index in [2.05, 4.69) is 5.32 Å². The lowest BCUT2D eigenvalue weighted by atomic mass is 10.1. The number of carbonyl (C=O) groups excluding carboxylic acids is 1. The van der Waals surface area contributed by atoms with Gasteiger partial charge in [-0.25, -0.2) is 0 Å². The second-order valence-corrected chi connectivity index (χ2v) is 6.29. The van der Waals surface area contributed by atoms with Gasteiger partial charge in [0.25, 0.3) is 0 Å². The van der Waals surface area contributed by atoms with E-state index in [-0.39, 0.29) is 5.91 Å². The van der Waals surface area contributed by atoms with Crippen molar-refractivity contribution < 1.29 is 28.5 Å². The molecule has 0 saturated heterocycles. The first-order chi connectivity index (χ1) is 13.6. The van der Waals surface area contributed by atoms with Crippen LogP contribution >= 0.6 is 0 Å². The number of hydrogen-bond donors (Lipinski definition) is 1. The third kappa shape index (κ3) is 4.60. The van der Waals surface area contributed by atoms with Crippen LogP contribution in [0.4, 0.5) is 5.69 Å². The molecule has 0 aromatic heterocycles. The maximum Gasteiger partial charge on any atom is 0.224 e. The molecule has 0 radical (unpaired) electrons. The highest BCUT2D eigenvalue weighted by Gasteiger charge is 2.15. The second kappa shape index (κ2) is 9.21. The smallest absolute Gasteiger partial charge is 0.224 e. The van der Waals surface area contributed by atoms with Crippen molar-refractivity contribution in [3.63, 3.8) is 0 Å². The molecule has 150 valence electrons. The lowest BCUT2D eigenvalue weighted by molar-refractivity contribution is -0.116. The summed E-state index contributed by atoms with van der Waals surface area (Å²) in [5.74, 6) is 2.94. The summed E-state index contributed by atoms with van der Waals surface area (Å²) in [6, 6.07) is 9.32. The summed E-state index contributed by atoms with van der Waals surface area (Å²) in [5.41, 5.74) is 1.71. The Kier molecular flexibility index (Phi) is 6.47. The first-order valence-electron chi connectivity index (χ1n) is 9.13. The van der Waals surface area contributed by atoms with Crippen LogP contribution in [0.5, 0.6) is 28.7 Å². The van der Waals surface area contributed by atoms with E-state index in [1.54, 1.807) is 12.1 Å². The third-order valence-electron chi connectivity index (χ3n) is 4.42. The molecule has 0 bridgehead atoms. The number of hydrogen-bond acceptors (Lipinski definition) is 6. The quantitative estimate of drug-likeness (QED) is 0.748. The number of fused-ring (bicyclic) bond motifs is 1. The van der Waals surface area contributed by atoms with Gasteiger partial charge in [0.05, 0.1) is 21.3 Å². The largest absolute Gasteiger partial charge is 0.493 e. The van der Waals surface area contributed by atoms with Crippen LogP contribution in [0.3, 0.4) is 0 Å². The van der Waals surface area contributed by atoms with Gasteiger partial charge < -0.3 is 29.0 Å². The van der Waals surface area contributed by atoms with Gasteiger partial charge in [-0.05, 0) is 30.5 Å². The molecule has 0 unspecified atom stereocenters. The van der Waals surface area contributed by atoms with E-state index >= 15 is 0 Å². The topological polar surface area (TPSA) is 75.3 Å². The van der Waals surface area contributed by atoms with Crippen molar-refractivity contribution in [3.05, 3.63) is 35.9 Å². The van der Waals surface area contributed by atoms with Crippen molar-refractivity contribution in [1.82, 2.24) is 0 Å². The van der Waals surface area contributed by atoms with E-state index in [1.807, 2.05) is 18.2 Å². The van der Waals surface area contributed by atoms with E-state index in [4.69, 9.17) is 23.7 Å². The fourth-order valence-corrected chi connectivity index (χ4v) is 3.07. The molecule has 0 saturated carbocycles. The van der Waals surface area contributed by atoms with Gasteiger partial charge in [0.2, 0.25) is 11.7 Å². The van der Waals surface area contributed by atoms with Crippen molar-refractivity contribution in [1.29, 1.82) is 0 Å². The zero-order chi connectivity index (χ0) is 19.9. The number of ether oxygens (including phenoxy) is 5.